The quantitative estimate of drug-likeness (QED) is 0.813. The van der Waals surface area contributed by atoms with Crippen LogP contribution in [0.2, 0.25) is 5.02 Å². The molecule has 0 unspecified atom stereocenters. The number of nitrogen functional groups attached to an aromatic ring is 1. The number of nitrogens with zero attached hydrogens (tertiary/aromatic N) is 1. The van der Waals surface area contributed by atoms with E-state index >= 15 is 0 Å². The summed E-state index contributed by atoms with van der Waals surface area (Å²) < 4.78 is 0. The van der Waals surface area contributed by atoms with Gasteiger partial charge in [0.15, 0.2) is 0 Å². The van der Waals surface area contributed by atoms with Gasteiger partial charge in [0.05, 0.1) is 12.1 Å². The van der Waals surface area contributed by atoms with Crippen LogP contribution in [0.3, 0.4) is 0 Å². The number of nitrogens with two attached hydrogens (primary N) is 1. The molecule has 0 radical (unpaired) electrons. The van der Waals surface area contributed by atoms with Crippen molar-refractivity contribution < 1.29 is 9.59 Å². The van der Waals surface area contributed by atoms with Crippen molar-refractivity contribution in [2.75, 3.05) is 25.9 Å². The van der Waals surface area contributed by atoms with E-state index in [2.05, 4.69) is 5.32 Å². The van der Waals surface area contributed by atoms with E-state index in [0.29, 0.717) is 28.7 Å². The van der Waals surface area contributed by atoms with Crippen molar-refractivity contribution in [2.45, 2.75) is 13.8 Å². The molecular formula is C14H20ClN3O2. The molecule has 0 bridgehead atoms. The molecule has 110 valence electrons. The van der Waals surface area contributed by atoms with Crippen LogP contribution in [0, 0.1) is 5.92 Å². The molecule has 0 saturated carbocycles. The number of hydrogen-bond donors (Lipinski definition) is 2. The molecule has 5 nitrogen and oxygen atoms in total. The molecule has 3 N–H and O–H groups in total. The molecule has 0 aliphatic rings. The number of nitrogens with one attached hydrogen (secondary N) is 1. The van der Waals surface area contributed by atoms with Crippen LogP contribution in [0.15, 0.2) is 18.2 Å². The molecule has 1 aromatic rings. The number of amides is 2. The van der Waals surface area contributed by atoms with Gasteiger partial charge in [0, 0.05) is 24.3 Å². The first kappa shape index (κ1) is 16.3. The lowest BCUT2D eigenvalue weighted by molar-refractivity contribution is -0.121. The van der Waals surface area contributed by atoms with Crippen LogP contribution in [0.4, 0.5) is 5.69 Å². The Morgan fingerprint density at radius 1 is 1.40 bits per heavy atom. The van der Waals surface area contributed by atoms with Gasteiger partial charge in [-0.05, 0) is 24.1 Å². The van der Waals surface area contributed by atoms with Crippen LogP contribution in [0.25, 0.3) is 0 Å². The van der Waals surface area contributed by atoms with E-state index in [1.165, 1.54) is 11.0 Å². The molecule has 0 atom stereocenters. The molecule has 0 aliphatic heterocycles. The van der Waals surface area contributed by atoms with Crippen LogP contribution in [0.1, 0.15) is 24.2 Å². The molecule has 0 saturated heterocycles. The average Bonchev–Trinajstić information content (AvgIpc) is 2.35. The number of likely N-dealkylation sites (N-methyl/N-ethyl adjacent to an activating group) is 1. The van der Waals surface area contributed by atoms with Crippen molar-refractivity contribution in [1.29, 1.82) is 0 Å². The maximum Gasteiger partial charge on any atom is 0.256 e. The summed E-state index contributed by atoms with van der Waals surface area (Å²) in [4.78, 5) is 25.2. The van der Waals surface area contributed by atoms with Crippen LogP contribution in [-0.2, 0) is 4.79 Å². The van der Waals surface area contributed by atoms with E-state index in [-0.39, 0.29) is 18.4 Å². The highest BCUT2D eigenvalue weighted by Crippen LogP contribution is 2.19. The van der Waals surface area contributed by atoms with Gasteiger partial charge in [-0.2, -0.15) is 0 Å². The highest BCUT2D eigenvalue weighted by molar-refractivity contribution is 6.31. The minimum absolute atomic E-state index is 0.00633. The normalized spacial score (nSPS) is 10.4. The summed E-state index contributed by atoms with van der Waals surface area (Å²) >= 11 is 5.79. The smallest absolute Gasteiger partial charge is 0.256 e. The van der Waals surface area contributed by atoms with E-state index in [1.54, 1.807) is 19.2 Å². The summed E-state index contributed by atoms with van der Waals surface area (Å²) in [6.07, 6.45) is 0. The topological polar surface area (TPSA) is 75.4 Å². The van der Waals surface area contributed by atoms with Gasteiger partial charge in [-0.25, -0.2) is 0 Å². The second kappa shape index (κ2) is 7.14. The van der Waals surface area contributed by atoms with E-state index < -0.39 is 0 Å². The van der Waals surface area contributed by atoms with Crippen molar-refractivity contribution in [3.8, 4) is 0 Å². The van der Waals surface area contributed by atoms with Crippen LogP contribution in [0.5, 0.6) is 0 Å². The van der Waals surface area contributed by atoms with Crippen molar-refractivity contribution in [2.24, 2.45) is 5.92 Å². The monoisotopic (exact) mass is 297 g/mol. The Hall–Kier alpha value is -1.75. The first-order valence-electron chi connectivity index (χ1n) is 6.38. The van der Waals surface area contributed by atoms with E-state index in [9.17, 15) is 9.59 Å². The Balaban J connectivity index is 2.65. The standard InChI is InChI=1S/C14H20ClN3O2/c1-9(2)7-17-13(19)8-18(3)14(20)11-5-4-10(15)6-12(11)16/h4-6,9H,7-8,16H2,1-3H3,(H,17,19). The van der Waals surface area contributed by atoms with Crippen LogP contribution >= 0.6 is 11.6 Å². The fourth-order valence-electron chi connectivity index (χ4n) is 1.60. The lowest BCUT2D eigenvalue weighted by Gasteiger charge is -2.18. The molecule has 0 heterocycles. The predicted molar refractivity (Wildman–Crippen MR) is 80.7 cm³/mol. The maximum atomic E-state index is 12.2. The second-order valence-electron chi connectivity index (χ2n) is 5.09. The number of halogens is 1. The Kier molecular flexibility index (Phi) is 5.82. The third-order valence-corrected chi connectivity index (χ3v) is 2.91. The molecule has 1 aromatic carbocycles. The summed E-state index contributed by atoms with van der Waals surface area (Å²) in [5.41, 5.74) is 6.40. The third-order valence-electron chi connectivity index (χ3n) is 2.68. The number of carbonyl (C=O) groups is 2. The molecule has 0 spiro atoms. The van der Waals surface area contributed by atoms with Crippen LogP contribution in [-0.4, -0.2) is 36.9 Å². The van der Waals surface area contributed by atoms with Gasteiger partial charge in [0.25, 0.3) is 5.91 Å². The summed E-state index contributed by atoms with van der Waals surface area (Å²) in [7, 11) is 1.56. The van der Waals surface area contributed by atoms with Gasteiger partial charge >= 0.3 is 0 Å². The zero-order valence-electron chi connectivity index (χ0n) is 11.9. The Labute approximate surface area is 124 Å². The number of anilines is 1. The Bertz CT molecular complexity index is 503. The predicted octanol–water partition coefficient (Wildman–Crippen LogP) is 1.77. The van der Waals surface area contributed by atoms with E-state index in [1.807, 2.05) is 13.8 Å². The molecule has 0 aliphatic carbocycles. The maximum absolute atomic E-state index is 12.2. The highest BCUT2D eigenvalue weighted by atomic mass is 35.5. The summed E-state index contributed by atoms with van der Waals surface area (Å²) in [5, 5.41) is 3.23. The van der Waals surface area contributed by atoms with E-state index in [4.69, 9.17) is 17.3 Å². The van der Waals surface area contributed by atoms with Gasteiger partial charge < -0.3 is 16.0 Å². The second-order valence-corrected chi connectivity index (χ2v) is 5.53. The largest absolute Gasteiger partial charge is 0.398 e. The van der Waals surface area contributed by atoms with E-state index in [0.717, 1.165) is 0 Å². The first-order valence-corrected chi connectivity index (χ1v) is 6.76. The van der Waals surface area contributed by atoms with Gasteiger partial charge in [-0.1, -0.05) is 25.4 Å². The number of carbonyl (C=O) groups excluding carboxylic acids is 2. The Morgan fingerprint density at radius 2 is 2.05 bits per heavy atom. The summed E-state index contributed by atoms with van der Waals surface area (Å²) in [5.74, 6) is -0.132. The Morgan fingerprint density at radius 3 is 2.60 bits per heavy atom. The van der Waals surface area contributed by atoms with Crippen molar-refractivity contribution in [1.82, 2.24) is 10.2 Å². The van der Waals surface area contributed by atoms with Crippen molar-refractivity contribution in [3.63, 3.8) is 0 Å². The number of rotatable bonds is 5. The van der Waals surface area contributed by atoms with Crippen molar-refractivity contribution >= 4 is 29.1 Å². The third kappa shape index (κ3) is 4.74. The molecule has 6 heteroatoms. The summed E-state index contributed by atoms with van der Waals surface area (Å²) in [6, 6.07) is 4.67. The molecule has 0 fully saturated rings. The van der Waals surface area contributed by atoms with Crippen molar-refractivity contribution in [3.05, 3.63) is 28.8 Å². The lowest BCUT2D eigenvalue weighted by atomic mass is 10.1. The molecule has 20 heavy (non-hydrogen) atoms. The number of benzene rings is 1. The zero-order chi connectivity index (χ0) is 15.3. The number of hydrogen-bond acceptors (Lipinski definition) is 3. The lowest BCUT2D eigenvalue weighted by Crippen LogP contribution is -2.39. The SMILES string of the molecule is CC(C)CNC(=O)CN(C)C(=O)c1ccc(Cl)cc1N. The minimum Gasteiger partial charge on any atom is -0.398 e. The molecular weight excluding hydrogens is 278 g/mol. The molecule has 1 rings (SSSR count). The van der Waals surface area contributed by atoms with Gasteiger partial charge in [0.2, 0.25) is 5.91 Å². The molecule has 2 amide bonds. The van der Waals surface area contributed by atoms with Gasteiger partial charge in [-0.3, -0.25) is 9.59 Å². The highest BCUT2D eigenvalue weighted by Gasteiger charge is 2.17. The molecule has 0 aromatic heterocycles. The van der Waals surface area contributed by atoms with Crippen LogP contribution < -0.4 is 11.1 Å². The minimum atomic E-state index is -0.307. The first-order chi connectivity index (χ1) is 9.31. The zero-order valence-corrected chi connectivity index (χ0v) is 12.7. The fourth-order valence-corrected chi connectivity index (χ4v) is 1.78. The average molecular weight is 298 g/mol. The summed E-state index contributed by atoms with van der Waals surface area (Å²) in [6.45, 7) is 4.59. The fraction of sp³-hybridized carbons (Fsp3) is 0.429. The van der Waals surface area contributed by atoms with Gasteiger partial charge in [0.1, 0.15) is 0 Å². The van der Waals surface area contributed by atoms with Gasteiger partial charge in [-0.15, -0.1) is 0 Å².